The van der Waals surface area contributed by atoms with Crippen molar-refractivity contribution in [2.75, 3.05) is 6.61 Å². The summed E-state index contributed by atoms with van der Waals surface area (Å²) in [5.41, 5.74) is -2.16. The number of rotatable bonds is 8. The summed E-state index contributed by atoms with van der Waals surface area (Å²) in [5, 5.41) is 19.4. The zero-order chi connectivity index (χ0) is 29.9. The molecule has 2 fully saturated rings. The number of amides is 2. The van der Waals surface area contributed by atoms with Crippen LogP contribution in [0.25, 0.3) is 0 Å². The van der Waals surface area contributed by atoms with Crippen LogP contribution in [0.3, 0.4) is 0 Å². The molecule has 2 heterocycles. The number of carbonyl (C=O) groups excluding carboxylic acids is 5. The number of ether oxygens (including phenoxy) is 5. The topological polar surface area (TPSA) is 199 Å². The first-order valence-corrected chi connectivity index (χ1v) is 12.1. The lowest BCUT2D eigenvalue weighted by atomic mass is 9.93. The van der Waals surface area contributed by atoms with Gasteiger partial charge in [0.15, 0.2) is 12.2 Å². The summed E-state index contributed by atoms with van der Waals surface area (Å²) in [6.45, 7) is 10.2. The van der Waals surface area contributed by atoms with Crippen LogP contribution in [0.1, 0.15) is 61.8 Å². The highest BCUT2D eigenvalue weighted by Crippen LogP contribution is 2.42. The second-order valence-corrected chi connectivity index (χ2v) is 10.5. The molecule has 1 radical (unpaired) electrons. The van der Waals surface area contributed by atoms with Crippen molar-refractivity contribution in [1.29, 1.82) is 0 Å². The largest absolute Gasteiger partial charge is 0.463 e. The molecule has 2 aliphatic rings. The van der Waals surface area contributed by atoms with E-state index in [-0.39, 0.29) is 6.42 Å². The van der Waals surface area contributed by atoms with Gasteiger partial charge in [-0.3, -0.25) is 19.2 Å². The minimum atomic E-state index is -1.65. The van der Waals surface area contributed by atoms with Crippen LogP contribution in [0.4, 0.5) is 4.79 Å². The first-order valence-electron chi connectivity index (χ1n) is 12.1. The van der Waals surface area contributed by atoms with Gasteiger partial charge in [0.05, 0.1) is 16.9 Å². The predicted molar refractivity (Wildman–Crippen MR) is 127 cm³/mol. The maximum atomic E-state index is 13.4. The van der Waals surface area contributed by atoms with Crippen molar-refractivity contribution in [3.05, 3.63) is 4.91 Å². The third-order valence-electron chi connectivity index (χ3n) is 6.45. The zero-order valence-electron chi connectivity index (χ0n) is 23.1. The third kappa shape index (κ3) is 7.39. The zero-order valence-corrected chi connectivity index (χ0v) is 23.1. The van der Waals surface area contributed by atoms with Gasteiger partial charge in [-0.15, -0.1) is 15.2 Å². The summed E-state index contributed by atoms with van der Waals surface area (Å²) in [4.78, 5) is 72.5. The molecule has 6 atom stereocenters. The van der Waals surface area contributed by atoms with Gasteiger partial charge in [-0.05, 0) is 34.1 Å². The van der Waals surface area contributed by atoms with Crippen LogP contribution in [0.2, 0.25) is 0 Å². The molecule has 219 valence electrons. The van der Waals surface area contributed by atoms with Gasteiger partial charge in [-0.2, -0.15) is 5.01 Å². The van der Waals surface area contributed by atoms with Crippen LogP contribution in [-0.4, -0.2) is 94.4 Å². The average Bonchev–Trinajstić information content (AvgIpc) is 2.95. The monoisotopic (exact) mass is 559 g/mol. The van der Waals surface area contributed by atoms with Gasteiger partial charge in [0.2, 0.25) is 6.29 Å². The summed E-state index contributed by atoms with van der Waals surface area (Å²) < 4.78 is 26.6. The van der Waals surface area contributed by atoms with Crippen LogP contribution in [0, 0.1) is 4.91 Å². The highest BCUT2D eigenvalue weighted by Gasteiger charge is 2.58. The average molecular weight is 560 g/mol. The summed E-state index contributed by atoms with van der Waals surface area (Å²) in [6.07, 6.45) is -5.83. The smallest absolute Gasteiger partial charge is 0.341 e. The molecule has 2 amide bonds. The summed E-state index contributed by atoms with van der Waals surface area (Å²) in [7, 11) is 0. The Bertz CT molecular complexity index is 986. The summed E-state index contributed by atoms with van der Waals surface area (Å²) >= 11 is 0. The minimum Gasteiger partial charge on any atom is -0.463 e. The van der Waals surface area contributed by atoms with E-state index in [1.807, 2.05) is 0 Å². The van der Waals surface area contributed by atoms with E-state index in [0.717, 1.165) is 32.8 Å². The van der Waals surface area contributed by atoms with Gasteiger partial charge in [0, 0.05) is 33.2 Å². The highest BCUT2D eigenvalue weighted by molar-refractivity contribution is 5.75. The first-order chi connectivity index (χ1) is 17.9. The Morgan fingerprint density at radius 3 is 1.90 bits per heavy atom. The standard InChI is InChI=1S/C23H35N4O12/c1-11(28)35-10-15-18(36-12(2)29)19(37-13(3)30)17(20(39-15)38-14(4)31)24-21(32)26(25-33)16-9-22(5,6)27(34)23(16,7)8/h15-20H,9-10H2,1-8H3,(H,24,32)/t15-,16?,17-,18-,19-,20?/m1/s1. The number of nitroso groups, excluding NO2 is 1. The van der Waals surface area contributed by atoms with E-state index in [2.05, 4.69) is 10.6 Å². The van der Waals surface area contributed by atoms with E-state index < -0.39 is 84.3 Å². The number of hydroxylamine groups is 2. The Morgan fingerprint density at radius 1 is 0.923 bits per heavy atom. The van der Waals surface area contributed by atoms with Crippen molar-refractivity contribution in [1.82, 2.24) is 15.4 Å². The van der Waals surface area contributed by atoms with Gasteiger partial charge in [-0.1, -0.05) is 0 Å². The predicted octanol–water partition coefficient (Wildman–Crippen LogP) is 0.740. The van der Waals surface area contributed by atoms with E-state index in [1.54, 1.807) is 27.7 Å². The van der Waals surface area contributed by atoms with Gasteiger partial charge in [0.1, 0.15) is 18.8 Å². The Hall–Kier alpha value is -3.37. The quantitative estimate of drug-likeness (QED) is 0.190. The third-order valence-corrected chi connectivity index (χ3v) is 6.45. The maximum Gasteiger partial charge on any atom is 0.341 e. The van der Waals surface area contributed by atoms with Gasteiger partial charge in [0.25, 0.3) is 0 Å². The lowest BCUT2D eigenvalue weighted by molar-refractivity contribution is -0.270. The molecule has 16 heteroatoms. The van der Waals surface area contributed by atoms with Gasteiger partial charge < -0.3 is 29.0 Å². The number of nitrogens with zero attached hydrogens (tertiary/aromatic N) is 3. The minimum absolute atomic E-state index is 0.0884. The van der Waals surface area contributed by atoms with Crippen LogP contribution in [-0.2, 0) is 48.1 Å². The van der Waals surface area contributed by atoms with E-state index >= 15 is 0 Å². The molecule has 0 aliphatic carbocycles. The van der Waals surface area contributed by atoms with Crippen LogP contribution in [0.5, 0.6) is 0 Å². The van der Waals surface area contributed by atoms with Gasteiger partial charge in [-0.25, -0.2) is 4.79 Å². The fraction of sp³-hybridized carbons (Fsp3) is 0.783. The molecular weight excluding hydrogens is 524 g/mol. The number of hydrogen-bond acceptors (Lipinski definition) is 13. The first kappa shape index (κ1) is 31.8. The lowest BCUT2D eigenvalue weighted by Gasteiger charge is -2.45. The Labute approximate surface area is 225 Å². The van der Waals surface area contributed by atoms with E-state index in [9.17, 15) is 34.1 Å². The molecule has 0 bridgehead atoms. The number of hydrogen-bond donors (Lipinski definition) is 1. The molecule has 0 aromatic heterocycles. The maximum absolute atomic E-state index is 13.4. The molecule has 39 heavy (non-hydrogen) atoms. The number of urea groups is 1. The molecule has 0 saturated carbocycles. The van der Waals surface area contributed by atoms with E-state index in [1.165, 1.54) is 0 Å². The SMILES string of the molecule is CC(=O)OC[C@H]1OC(OC(C)=O)[C@H](NC(=O)N(N=O)C2CC(C)(C)N([O])C2(C)C)[C@@H](OC(C)=O)[C@@H]1OC(C)=O. The van der Waals surface area contributed by atoms with E-state index in [4.69, 9.17) is 23.7 Å². The van der Waals surface area contributed by atoms with Crippen LogP contribution in [0.15, 0.2) is 5.29 Å². The van der Waals surface area contributed by atoms with Crippen molar-refractivity contribution in [2.24, 2.45) is 5.29 Å². The Kier molecular flexibility index (Phi) is 9.97. The van der Waals surface area contributed by atoms with Gasteiger partial charge >= 0.3 is 29.9 Å². The molecule has 16 nitrogen and oxygen atoms in total. The number of esters is 4. The second kappa shape index (κ2) is 12.2. The lowest BCUT2D eigenvalue weighted by Crippen LogP contribution is -2.68. The molecule has 0 aromatic rings. The van der Waals surface area contributed by atoms with Crippen molar-refractivity contribution in [3.8, 4) is 0 Å². The van der Waals surface area contributed by atoms with Crippen molar-refractivity contribution < 1.29 is 52.9 Å². The fourth-order valence-corrected chi connectivity index (χ4v) is 4.87. The summed E-state index contributed by atoms with van der Waals surface area (Å²) in [5.74, 6) is -3.25. The molecule has 2 unspecified atom stereocenters. The molecule has 1 N–H and O–H groups in total. The fourth-order valence-electron chi connectivity index (χ4n) is 4.87. The molecular formula is C23H35N4O12. The molecule has 2 aliphatic heterocycles. The summed E-state index contributed by atoms with van der Waals surface area (Å²) in [6, 6.07) is -3.64. The van der Waals surface area contributed by atoms with E-state index in [0.29, 0.717) is 5.01 Å². The number of carbonyl (C=O) groups is 5. The molecule has 2 rings (SSSR count). The van der Waals surface area contributed by atoms with Crippen LogP contribution < -0.4 is 5.32 Å². The van der Waals surface area contributed by atoms with Crippen molar-refractivity contribution >= 4 is 29.9 Å². The Morgan fingerprint density at radius 2 is 1.46 bits per heavy atom. The van der Waals surface area contributed by atoms with Crippen molar-refractivity contribution in [2.45, 2.75) is 110 Å². The molecule has 2 saturated heterocycles. The Balaban J connectivity index is 2.49. The highest BCUT2D eigenvalue weighted by atomic mass is 16.7. The number of nitrogens with one attached hydrogen (secondary N) is 1. The second-order valence-electron chi connectivity index (χ2n) is 10.5. The molecule has 0 spiro atoms. The normalized spacial score (nSPS) is 29.5. The van der Waals surface area contributed by atoms with Crippen molar-refractivity contribution in [3.63, 3.8) is 0 Å². The van der Waals surface area contributed by atoms with Crippen LogP contribution >= 0.6 is 0 Å². The molecule has 0 aromatic carbocycles.